The Morgan fingerprint density at radius 2 is 1.08 bits per heavy atom. The number of hydrogen-bond acceptors (Lipinski definition) is 3. The van der Waals surface area contributed by atoms with Gasteiger partial charge in [-0.1, -0.05) is 108 Å². The monoisotopic (exact) mass is 655 g/mol. The Morgan fingerprint density at radius 1 is 0.438 bits per heavy atom. The molecule has 226 valence electrons. The fourth-order valence-corrected chi connectivity index (χ4v) is 7.50. The molecule has 0 saturated heterocycles. The summed E-state index contributed by atoms with van der Waals surface area (Å²) in [5.41, 5.74) is 8.58. The van der Waals surface area contributed by atoms with E-state index in [0.29, 0.717) is 15.9 Å². The Labute approximate surface area is 284 Å². The highest BCUT2D eigenvalue weighted by Crippen LogP contribution is 2.38. The van der Waals surface area contributed by atoms with Crippen molar-refractivity contribution in [1.29, 1.82) is 0 Å². The van der Waals surface area contributed by atoms with E-state index in [-0.39, 0.29) is 0 Å². The number of imidazole rings is 1. The number of pyridine rings is 1. The number of rotatable bonds is 3. The Hall–Kier alpha value is -5.75. The summed E-state index contributed by atoms with van der Waals surface area (Å²) >= 11 is 12.9. The summed E-state index contributed by atoms with van der Waals surface area (Å²) in [5, 5.41) is 6.99. The maximum absolute atomic E-state index is 6.46. The summed E-state index contributed by atoms with van der Waals surface area (Å²) in [6, 6.07) is 47.4. The molecule has 4 heterocycles. The largest absolute Gasteiger partial charge is 0.294 e. The maximum Gasteiger partial charge on any atom is 0.162 e. The molecule has 0 fully saturated rings. The first-order chi connectivity index (χ1) is 23.6. The van der Waals surface area contributed by atoms with Crippen LogP contribution in [0.5, 0.6) is 0 Å². The third-order valence-electron chi connectivity index (χ3n) is 9.20. The maximum atomic E-state index is 6.46. The molecule has 0 amide bonds. The average molecular weight is 657 g/mol. The first kappa shape index (κ1) is 27.4. The van der Waals surface area contributed by atoms with Crippen molar-refractivity contribution in [3.8, 4) is 28.5 Å². The molecule has 0 radical (unpaired) electrons. The minimum absolute atomic E-state index is 0.573. The molecule has 5 nitrogen and oxygen atoms in total. The number of benzene rings is 6. The zero-order valence-electron chi connectivity index (χ0n) is 25.3. The van der Waals surface area contributed by atoms with Gasteiger partial charge < -0.3 is 0 Å². The lowest BCUT2D eigenvalue weighted by molar-refractivity contribution is 1.05. The van der Waals surface area contributed by atoms with E-state index >= 15 is 0 Å². The van der Waals surface area contributed by atoms with Gasteiger partial charge in [0.25, 0.3) is 0 Å². The Morgan fingerprint density at radius 3 is 1.85 bits per heavy atom. The van der Waals surface area contributed by atoms with Crippen molar-refractivity contribution in [2.45, 2.75) is 0 Å². The van der Waals surface area contributed by atoms with Crippen molar-refractivity contribution in [1.82, 2.24) is 23.9 Å². The molecule has 10 aromatic rings. The molecule has 6 aromatic carbocycles. The highest BCUT2D eigenvalue weighted by atomic mass is 35.5. The van der Waals surface area contributed by atoms with E-state index < -0.39 is 0 Å². The van der Waals surface area contributed by atoms with Gasteiger partial charge in [-0.3, -0.25) is 8.97 Å². The molecule has 0 saturated carbocycles. The van der Waals surface area contributed by atoms with E-state index in [1.54, 1.807) is 0 Å². The summed E-state index contributed by atoms with van der Waals surface area (Å²) in [4.78, 5) is 15.5. The molecule has 0 bridgehead atoms. The fourth-order valence-electron chi connectivity index (χ4n) is 7.12. The van der Waals surface area contributed by atoms with Gasteiger partial charge in [0.2, 0.25) is 0 Å². The van der Waals surface area contributed by atoms with Crippen LogP contribution in [0.2, 0.25) is 10.0 Å². The van der Waals surface area contributed by atoms with Crippen LogP contribution in [0.15, 0.2) is 140 Å². The Bertz CT molecular complexity index is 2880. The topological polar surface area (TPSA) is 48.0 Å². The molecule has 0 unspecified atom stereocenters. The molecule has 0 aliphatic heterocycles. The normalized spacial score (nSPS) is 12.0. The highest BCUT2D eigenvalue weighted by Gasteiger charge is 2.20. The molecule has 10 rings (SSSR count). The van der Waals surface area contributed by atoms with Gasteiger partial charge in [-0.25, -0.2) is 15.0 Å². The molecule has 48 heavy (non-hydrogen) atoms. The van der Waals surface area contributed by atoms with Gasteiger partial charge in [0.05, 0.1) is 33.3 Å². The third kappa shape index (κ3) is 4.08. The number of halogens is 2. The van der Waals surface area contributed by atoms with Gasteiger partial charge >= 0.3 is 0 Å². The predicted molar refractivity (Wildman–Crippen MR) is 199 cm³/mol. The first-order valence-corrected chi connectivity index (χ1v) is 16.4. The van der Waals surface area contributed by atoms with Gasteiger partial charge in [0, 0.05) is 48.8 Å². The SMILES string of the molecule is Clc1cccc(-c2cc(-n3c4ccccc4c4cc5nc6c7ccccc7c7ccccc7n6c5cc43)nc(-c3cccc(Cl)c3)n2)c1. The average Bonchev–Trinajstić information content (AvgIpc) is 3.66. The lowest BCUT2D eigenvalue weighted by atomic mass is 10.1. The number of fused-ring (bicyclic) bond motifs is 11. The van der Waals surface area contributed by atoms with Crippen LogP contribution in [-0.4, -0.2) is 23.9 Å². The van der Waals surface area contributed by atoms with Crippen molar-refractivity contribution in [3.05, 3.63) is 150 Å². The Kier molecular flexibility index (Phi) is 5.92. The highest BCUT2D eigenvalue weighted by molar-refractivity contribution is 6.31. The van der Waals surface area contributed by atoms with E-state index in [4.69, 9.17) is 38.2 Å². The number of nitrogens with zero attached hydrogens (tertiary/aromatic N) is 5. The summed E-state index contributed by atoms with van der Waals surface area (Å²) in [7, 11) is 0. The third-order valence-corrected chi connectivity index (χ3v) is 9.67. The van der Waals surface area contributed by atoms with E-state index in [0.717, 1.165) is 72.0 Å². The Balaban J connectivity index is 1.34. The van der Waals surface area contributed by atoms with Gasteiger partial charge in [-0.2, -0.15) is 0 Å². The van der Waals surface area contributed by atoms with Gasteiger partial charge in [0.15, 0.2) is 5.82 Å². The molecule has 0 aliphatic rings. The lowest BCUT2D eigenvalue weighted by Gasteiger charge is -2.12. The first-order valence-electron chi connectivity index (χ1n) is 15.7. The van der Waals surface area contributed by atoms with Crippen LogP contribution < -0.4 is 0 Å². The van der Waals surface area contributed by atoms with Gasteiger partial charge in [0.1, 0.15) is 11.5 Å². The second-order valence-electron chi connectivity index (χ2n) is 12.0. The summed E-state index contributed by atoms with van der Waals surface area (Å²) < 4.78 is 4.53. The van der Waals surface area contributed by atoms with Gasteiger partial charge in [-0.05, 0) is 53.9 Å². The van der Waals surface area contributed by atoms with Crippen LogP contribution in [0.4, 0.5) is 0 Å². The second kappa shape index (κ2) is 10.4. The van der Waals surface area contributed by atoms with E-state index in [1.807, 2.05) is 54.6 Å². The van der Waals surface area contributed by atoms with Crippen molar-refractivity contribution in [2.75, 3.05) is 0 Å². The molecule has 0 aliphatic carbocycles. The van der Waals surface area contributed by atoms with E-state index in [2.05, 4.69) is 93.9 Å². The molecule has 0 N–H and O–H groups in total. The number of aromatic nitrogens is 5. The van der Waals surface area contributed by atoms with Crippen molar-refractivity contribution in [3.63, 3.8) is 0 Å². The van der Waals surface area contributed by atoms with Crippen LogP contribution in [0, 0.1) is 0 Å². The quantitative estimate of drug-likeness (QED) is 0.178. The standard InChI is InChI=1S/C41H23Cl2N5/c42-26-11-7-9-24(19-26)33-22-39(46-40(44-33)25-10-8-12-27(43)20-25)47-35-17-5-4-15-30(35)32-21-34-38(23-37(32)47)48-36-18-6-3-14-29(36)28-13-1-2-16-31(28)41(48)45-34/h1-23H. The zero-order chi connectivity index (χ0) is 31.9. The summed E-state index contributed by atoms with van der Waals surface area (Å²) in [6.45, 7) is 0. The second-order valence-corrected chi connectivity index (χ2v) is 12.9. The summed E-state index contributed by atoms with van der Waals surface area (Å²) in [6.07, 6.45) is 0. The van der Waals surface area contributed by atoms with Crippen molar-refractivity contribution in [2.24, 2.45) is 0 Å². The molecular formula is C41H23Cl2N5. The molecular weight excluding hydrogens is 633 g/mol. The van der Waals surface area contributed by atoms with Crippen LogP contribution in [0.25, 0.3) is 88.6 Å². The number of para-hydroxylation sites is 2. The number of hydrogen-bond donors (Lipinski definition) is 0. The van der Waals surface area contributed by atoms with E-state index in [1.165, 1.54) is 10.8 Å². The summed E-state index contributed by atoms with van der Waals surface area (Å²) in [5.74, 6) is 1.31. The van der Waals surface area contributed by atoms with Gasteiger partial charge in [-0.15, -0.1) is 0 Å². The minimum Gasteiger partial charge on any atom is -0.294 e. The molecule has 0 atom stereocenters. The molecule has 7 heteroatoms. The molecule has 4 aromatic heterocycles. The fraction of sp³-hybridized carbons (Fsp3) is 0. The van der Waals surface area contributed by atoms with Crippen molar-refractivity contribution < 1.29 is 0 Å². The predicted octanol–water partition coefficient (Wildman–Crippen LogP) is 11.3. The smallest absolute Gasteiger partial charge is 0.162 e. The minimum atomic E-state index is 0.573. The molecule has 0 spiro atoms. The van der Waals surface area contributed by atoms with Crippen LogP contribution in [0.3, 0.4) is 0 Å². The van der Waals surface area contributed by atoms with Crippen molar-refractivity contribution >= 4 is 83.4 Å². The van der Waals surface area contributed by atoms with Crippen LogP contribution in [-0.2, 0) is 0 Å². The van der Waals surface area contributed by atoms with E-state index in [9.17, 15) is 0 Å². The van der Waals surface area contributed by atoms with Crippen LogP contribution >= 0.6 is 23.2 Å². The van der Waals surface area contributed by atoms with Crippen LogP contribution in [0.1, 0.15) is 0 Å². The zero-order valence-corrected chi connectivity index (χ0v) is 26.8. The lowest BCUT2D eigenvalue weighted by Crippen LogP contribution is -2.02.